The summed E-state index contributed by atoms with van der Waals surface area (Å²) < 4.78 is 12.0. The van der Waals surface area contributed by atoms with Crippen molar-refractivity contribution in [3.8, 4) is 17.6 Å². The topological polar surface area (TPSA) is 84.6 Å². The van der Waals surface area contributed by atoms with Crippen LogP contribution in [0, 0.1) is 17.2 Å². The molecule has 1 saturated heterocycles. The second kappa shape index (κ2) is 7.48. The number of carbonyl (C=O) groups excluding carboxylic acids is 1. The maximum absolute atomic E-state index is 12.8. The fourth-order valence-electron chi connectivity index (χ4n) is 3.37. The Morgan fingerprint density at radius 2 is 2.08 bits per heavy atom. The summed E-state index contributed by atoms with van der Waals surface area (Å²) in [6, 6.07) is 7.32. The van der Waals surface area contributed by atoms with Gasteiger partial charge in [0.15, 0.2) is 11.5 Å². The number of methoxy groups -OCH3 is 2. The van der Waals surface area contributed by atoms with E-state index in [2.05, 4.69) is 6.07 Å². The molecular weight excluding hydrogens is 334 g/mol. The van der Waals surface area contributed by atoms with Crippen LogP contribution in [-0.4, -0.2) is 42.7 Å². The fourth-order valence-corrected chi connectivity index (χ4v) is 3.37. The summed E-state index contributed by atoms with van der Waals surface area (Å²) in [5.74, 6) is 0.766. The first kappa shape index (κ1) is 17.8. The first-order valence-corrected chi connectivity index (χ1v) is 8.50. The van der Waals surface area contributed by atoms with Crippen molar-refractivity contribution in [2.45, 2.75) is 19.4 Å². The molecule has 0 bridgehead atoms. The first-order valence-electron chi connectivity index (χ1n) is 8.50. The normalized spacial score (nSPS) is 17.0. The zero-order valence-electron chi connectivity index (χ0n) is 14.9. The molecule has 0 spiro atoms. The number of nitriles is 1. The van der Waals surface area contributed by atoms with Crippen molar-refractivity contribution in [3.63, 3.8) is 0 Å². The van der Waals surface area contributed by atoms with Gasteiger partial charge in [-0.15, -0.1) is 0 Å². The zero-order chi connectivity index (χ0) is 18.7. The van der Waals surface area contributed by atoms with Crippen molar-refractivity contribution in [2.75, 3.05) is 27.3 Å². The summed E-state index contributed by atoms with van der Waals surface area (Å²) >= 11 is 0. The quantitative estimate of drug-likeness (QED) is 0.835. The molecule has 1 aromatic carbocycles. The number of benzene rings is 1. The van der Waals surface area contributed by atoms with Gasteiger partial charge in [-0.25, -0.2) is 0 Å². The van der Waals surface area contributed by atoms with Gasteiger partial charge in [-0.1, -0.05) is 0 Å². The number of piperidine rings is 1. The van der Waals surface area contributed by atoms with E-state index in [0.717, 1.165) is 12.8 Å². The van der Waals surface area contributed by atoms with Crippen LogP contribution < -0.4 is 15.0 Å². The largest absolute Gasteiger partial charge is 0.493 e. The highest BCUT2D eigenvalue weighted by atomic mass is 16.5. The molecule has 2 heterocycles. The summed E-state index contributed by atoms with van der Waals surface area (Å²) in [5.41, 5.74) is -0.259. The average molecular weight is 355 g/mol. The van der Waals surface area contributed by atoms with E-state index in [0.29, 0.717) is 35.4 Å². The molecule has 0 aliphatic carbocycles. The van der Waals surface area contributed by atoms with Gasteiger partial charge in [-0.2, -0.15) is 5.26 Å². The Morgan fingerprint density at radius 3 is 2.77 bits per heavy atom. The van der Waals surface area contributed by atoms with Gasteiger partial charge in [0.25, 0.3) is 5.56 Å². The summed E-state index contributed by atoms with van der Waals surface area (Å²) in [4.78, 5) is 27.0. The number of nitrogens with zero attached hydrogens (tertiary/aromatic N) is 3. The molecule has 0 unspecified atom stereocenters. The Labute approximate surface area is 151 Å². The summed E-state index contributed by atoms with van der Waals surface area (Å²) in [6.07, 6.45) is 3.22. The monoisotopic (exact) mass is 355 g/mol. The van der Waals surface area contributed by atoms with E-state index in [9.17, 15) is 9.59 Å². The van der Waals surface area contributed by atoms with E-state index < -0.39 is 0 Å². The highest BCUT2D eigenvalue weighted by Crippen LogP contribution is 2.33. The Balaban J connectivity index is 1.90. The van der Waals surface area contributed by atoms with Gasteiger partial charge in [0.2, 0.25) is 5.91 Å². The van der Waals surface area contributed by atoms with Crippen molar-refractivity contribution in [1.82, 2.24) is 9.47 Å². The standard InChI is InChI=1S/C19H21N3O4/c1-25-16-6-5-15-14(18(16)26-2)7-9-22(19(15)24)12-17(23)21-8-3-4-13(10-20)11-21/h5-7,9,13H,3-4,8,11-12H2,1-2H3/t13-/m1/s1. The molecule has 26 heavy (non-hydrogen) atoms. The maximum atomic E-state index is 12.8. The van der Waals surface area contributed by atoms with Crippen molar-refractivity contribution in [1.29, 1.82) is 5.26 Å². The van der Waals surface area contributed by atoms with E-state index in [-0.39, 0.29) is 23.9 Å². The number of aromatic nitrogens is 1. The average Bonchev–Trinajstić information content (AvgIpc) is 2.69. The van der Waals surface area contributed by atoms with Crippen LogP contribution in [0.2, 0.25) is 0 Å². The minimum absolute atomic E-state index is 0.0404. The van der Waals surface area contributed by atoms with Gasteiger partial charge in [-0.3, -0.25) is 9.59 Å². The minimum Gasteiger partial charge on any atom is -0.493 e. The van der Waals surface area contributed by atoms with Crippen LogP contribution in [0.25, 0.3) is 10.8 Å². The molecule has 7 heteroatoms. The minimum atomic E-state index is -0.259. The Bertz CT molecular complexity index is 929. The lowest BCUT2D eigenvalue weighted by Gasteiger charge is -2.29. The van der Waals surface area contributed by atoms with Gasteiger partial charge in [-0.05, 0) is 31.0 Å². The third-order valence-electron chi connectivity index (χ3n) is 4.76. The second-order valence-electron chi connectivity index (χ2n) is 6.32. The van der Waals surface area contributed by atoms with Crippen molar-refractivity contribution < 1.29 is 14.3 Å². The van der Waals surface area contributed by atoms with Gasteiger partial charge in [0.1, 0.15) is 6.54 Å². The number of likely N-dealkylation sites (tertiary alicyclic amines) is 1. The lowest BCUT2D eigenvalue weighted by Crippen LogP contribution is -2.42. The molecule has 3 rings (SSSR count). The van der Waals surface area contributed by atoms with E-state index in [1.165, 1.54) is 18.8 Å². The van der Waals surface area contributed by atoms with Crippen LogP contribution in [0.1, 0.15) is 12.8 Å². The number of rotatable bonds is 4. The van der Waals surface area contributed by atoms with Crippen LogP contribution in [0.15, 0.2) is 29.2 Å². The maximum Gasteiger partial charge on any atom is 0.259 e. The number of carbonyl (C=O) groups is 1. The fraction of sp³-hybridized carbons (Fsp3) is 0.421. The van der Waals surface area contributed by atoms with Crippen LogP contribution in [0.4, 0.5) is 0 Å². The van der Waals surface area contributed by atoms with Gasteiger partial charge in [0, 0.05) is 24.7 Å². The number of amides is 1. The number of pyridine rings is 1. The molecule has 1 aliphatic rings. The molecule has 1 amide bonds. The predicted molar refractivity (Wildman–Crippen MR) is 96.2 cm³/mol. The molecular formula is C19H21N3O4. The zero-order valence-corrected chi connectivity index (χ0v) is 14.9. The molecule has 1 aromatic heterocycles. The summed E-state index contributed by atoms with van der Waals surface area (Å²) in [7, 11) is 3.06. The van der Waals surface area contributed by atoms with Gasteiger partial charge < -0.3 is 18.9 Å². The number of hydrogen-bond donors (Lipinski definition) is 0. The highest BCUT2D eigenvalue weighted by molar-refractivity contribution is 5.90. The van der Waals surface area contributed by atoms with Crippen LogP contribution >= 0.6 is 0 Å². The Morgan fingerprint density at radius 1 is 1.27 bits per heavy atom. The lowest BCUT2D eigenvalue weighted by molar-refractivity contribution is -0.133. The number of fused-ring (bicyclic) bond motifs is 1. The molecule has 2 aromatic rings. The SMILES string of the molecule is COc1ccc2c(=O)n(CC(=O)N3CCC[C@H](C#N)C3)ccc2c1OC. The Kier molecular flexibility index (Phi) is 5.12. The molecule has 0 radical (unpaired) electrons. The molecule has 1 atom stereocenters. The van der Waals surface area contributed by atoms with Crippen molar-refractivity contribution in [3.05, 3.63) is 34.7 Å². The van der Waals surface area contributed by atoms with Crippen molar-refractivity contribution in [2.24, 2.45) is 5.92 Å². The molecule has 0 N–H and O–H groups in total. The lowest BCUT2D eigenvalue weighted by atomic mass is 10.00. The molecule has 1 aliphatic heterocycles. The summed E-state index contributed by atoms with van der Waals surface area (Å²) in [5, 5.41) is 10.2. The van der Waals surface area contributed by atoms with Crippen LogP contribution in [0.5, 0.6) is 11.5 Å². The smallest absolute Gasteiger partial charge is 0.259 e. The Hall–Kier alpha value is -3.01. The summed E-state index contributed by atoms with van der Waals surface area (Å²) in [6.45, 7) is 1.02. The van der Waals surface area contributed by atoms with E-state index in [4.69, 9.17) is 14.7 Å². The molecule has 136 valence electrons. The van der Waals surface area contributed by atoms with Gasteiger partial charge >= 0.3 is 0 Å². The van der Waals surface area contributed by atoms with E-state index >= 15 is 0 Å². The molecule has 7 nitrogen and oxygen atoms in total. The number of hydrogen-bond acceptors (Lipinski definition) is 5. The van der Waals surface area contributed by atoms with Crippen molar-refractivity contribution >= 4 is 16.7 Å². The second-order valence-corrected chi connectivity index (χ2v) is 6.32. The predicted octanol–water partition coefficient (Wildman–Crippen LogP) is 1.78. The third kappa shape index (κ3) is 3.23. The molecule has 0 saturated carbocycles. The first-order chi connectivity index (χ1) is 12.6. The number of ether oxygens (including phenoxy) is 2. The van der Waals surface area contributed by atoms with Crippen LogP contribution in [0.3, 0.4) is 0 Å². The van der Waals surface area contributed by atoms with Crippen LogP contribution in [-0.2, 0) is 11.3 Å². The van der Waals surface area contributed by atoms with E-state index in [1.54, 1.807) is 29.3 Å². The van der Waals surface area contributed by atoms with Gasteiger partial charge in [0.05, 0.1) is 31.6 Å². The van der Waals surface area contributed by atoms with E-state index in [1.807, 2.05) is 0 Å². The molecule has 1 fully saturated rings. The third-order valence-corrected chi connectivity index (χ3v) is 4.76. The highest BCUT2D eigenvalue weighted by Gasteiger charge is 2.24.